The smallest absolute Gasteiger partial charge is 0.326 e. The van der Waals surface area contributed by atoms with Crippen LogP contribution in [0.4, 0.5) is 0 Å². The van der Waals surface area contributed by atoms with Gasteiger partial charge in [-0.05, 0) is 57.8 Å². The van der Waals surface area contributed by atoms with Gasteiger partial charge < -0.3 is 10.5 Å². The van der Waals surface area contributed by atoms with Gasteiger partial charge in [-0.15, -0.1) is 0 Å². The third-order valence-electron chi connectivity index (χ3n) is 3.91. The molecule has 3 nitrogen and oxygen atoms in total. The van der Waals surface area contributed by atoms with Gasteiger partial charge in [-0.2, -0.15) is 0 Å². The molecule has 0 unspecified atom stereocenters. The molecule has 0 aliphatic heterocycles. The zero-order valence-corrected chi connectivity index (χ0v) is 12.8. The van der Waals surface area contributed by atoms with Gasteiger partial charge in [0.15, 0.2) is 0 Å². The number of rotatable bonds is 1. The number of hydrogen-bond donors (Lipinski definition) is 1. The van der Waals surface area contributed by atoms with Crippen molar-refractivity contribution in [2.45, 2.75) is 78.4 Å². The second-order valence-electron chi connectivity index (χ2n) is 7.80. The predicted octanol–water partition coefficient (Wildman–Crippen LogP) is 3.26. The van der Waals surface area contributed by atoms with Gasteiger partial charge in [0, 0.05) is 0 Å². The van der Waals surface area contributed by atoms with E-state index in [1.54, 1.807) is 0 Å². The van der Waals surface area contributed by atoms with Crippen LogP contribution >= 0.6 is 0 Å². The largest absolute Gasteiger partial charge is 0.459 e. The summed E-state index contributed by atoms with van der Waals surface area (Å²) in [7, 11) is 0. The van der Waals surface area contributed by atoms with E-state index in [0.717, 1.165) is 25.7 Å². The highest BCUT2D eigenvalue weighted by Crippen LogP contribution is 2.41. The van der Waals surface area contributed by atoms with Crippen LogP contribution in [-0.4, -0.2) is 17.1 Å². The number of carbonyl (C=O) groups is 1. The fourth-order valence-electron chi connectivity index (χ4n) is 2.58. The van der Waals surface area contributed by atoms with Crippen molar-refractivity contribution in [1.29, 1.82) is 0 Å². The van der Waals surface area contributed by atoms with E-state index < -0.39 is 11.1 Å². The zero-order valence-electron chi connectivity index (χ0n) is 12.8. The third-order valence-corrected chi connectivity index (χ3v) is 3.91. The minimum atomic E-state index is -0.769. The molecule has 3 heteroatoms. The minimum absolute atomic E-state index is 0.234. The second kappa shape index (κ2) is 4.84. The molecule has 18 heavy (non-hydrogen) atoms. The number of hydrogen-bond acceptors (Lipinski definition) is 3. The molecule has 1 aliphatic carbocycles. The zero-order chi connectivity index (χ0) is 14.2. The molecule has 0 aromatic carbocycles. The topological polar surface area (TPSA) is 52.3 Å². The number of carbonyl (C=O) groups excluding carboxylic acids is 1. The van der Waals surface area contributed by atoms with Gasteiger partial charge in [0.2, 0.25) is 0 Å². The van der Waals surface area contributed by atoms with Crippen molar-refractivity contribution in [2.75, 3.05) is 0 Å². The summed E-state index contributed by atoms with van der Waals surface area (Å²) in [5.41, 5.74) is 5.32. The van der Waals surface area contributed by atoms with Crippen molar-refractivity contribution in [3.63, 3.8) is 0 Å². The summed E-state index contributed by atoms with van der Waals surface area (Å²) in [5.74, 6) is 0.416. The summed E-state index contributed by atoms with van der Waals surface area (Å²) >= 11 is 0. The summed E-state index contributed by atoms with van der Waals surface area (Å²) in [4.78, 5) is 12.1. The fourth-order valence-corrected chi connectivity index (χ4v) is 2.58. The molecule has 0 heterocycles. The van der Waals surface area contributed by atoms with Crippen LogP contribution < -0.4 is 5.73 Å². The number of esters is 1. The molecule has 1 rings (SSSR count). The van der Waals surface area contributed by atoms with Gasteiger partial charge in [0.1, 0.15) is 11.1 Å². The second-order valence-corrected chi connectivity index (χ2v) is 7.80. The molecule has 1 saturated carbocycles. The first-order chi connectivity index (χ1) is 7.94. The summed E-state index contributed by atoms with van der Waals surface area (Å²) < 4.78 is 5.44. The molecule has 0 amide bonds. The van der Waals surface area contributed by atoms with E-state index in [0.29, 0.717) is 11.3 Å². The lowest BCUT2D eigenvalue weighted by atomic mass is 9.67. The number of ether oxygens (including phenoxy) is 1. The van der Waals surface area contributed by atoms with E-state index in [4.69, 9.17) is 10.5 Å². The van der Waals surface area contributed by atoms with Gasteiger partial charge in [-0.1, -0.05) is 20.8 Å². The van der Waals surface area contributed by atoms with E-state index in [1.165, 1.54) is 0 Å². The Hall–Kier alpha value is -0.570. The minimum Gasteiger partial charge on any atom is -0.459 e. The van der Waals surface area contributed by atoms with Crippen LogP contribution in [0.2, 0.25) is 0 Å². The lowest BCUT2D eigenvalue weighted by Crippen LogP contribution is -2.53. The monoisotopic (exact) mass is 255 g/mol. The summed E-state index contributed by atoms with van der Waals surface area (Å²) in [6.07, 6.45) is 3.51. The Bertz CT molecular complexity index is 301. The predicted molar refractivity (Wildman–Crippen MR) is 74.2 cm³/mol. The van der Waals surface area contributed by atoms with Gasteiger partial charge >= 0.3 is 5.97 Å². The lowest BCUT2D eigenvalue weighted by Gasteiger charge is -2.41. The van der Waals surface area contributed by atoms with E-state index in [-0.39, 0.29) is 5.97 Å². The van der Waals surface area contributed by atoms with Gasteiger partial charge in [-0.3, -0.25) is 4.79 Å². The molecular formula is C15H29NO2. The Kier molecular flexibility index (Phi) is 4.16. The van der Waals surface area contributed by atoms with Crippen LogP contribution in [0.15, 0.2) is 0 Å². The Morgan fingerprint density at radius 3 is 1.89 bits per heavy atom. The highest BCUT2D eigenvalue weighted by atomic mass is 16.6. The molecule has 0 aromatic heterocycles. The van der Waals surface area contributed by atoms with Crippen LogP contribution in [0.25, 0.3) is 0 Å². The lowest BCUT2D eigenvalue weighted by molar-refractivity contribution is -0.163. The highest BCUT2D eigenvalue weighted by molar-refractivity contribution is 5.81. The van der Waals surface area contributed by atoms with Gasteiger partial charge in [0.05, 0.1) is 0 Å². The molecule has 1 aliphatic rings. The fraction of sp³-hybridized carbons (Fsp3) is 0.933. The van der Waals surface area contributed by atoms with Crippen LogP contribution in [0, 0.1) is 11.3 Å². The van der Waals surface area contributed by atoms with E-state index in [2.05, 4.69) is 20.8 Å². The number of nitrogens with two attached hydrogens (primary N) is 1. The SMILES string of the molecule is CC(C)(C)OC(=O)C1(N)CCC(C(C)(C)C)CC1. The summed E-state index contributed by atoms with van der Waals surface area (Å²) in [5, 5.41) is 0. The standard InChI is InChI=1S/C15H29NO2/c1-13(2,3)11-7-9-15(16,10-8-11)12(17)18-14(4,5)6/h11H,7-10,16H2,1-6H3. The molecule has 0 spiro atoms. The van der Waals surface area contributed by atoms with Crippen molar-refractivity contribution < 1.29 is 9.53 Å². The first-order valence-corrected chi connectivity index (χ1v) is 6.96. The van der Waals surface area contributed by atoms with Crippen molar-refractivity contribution in [2.24, 2.45) is 17.1 Å². The Morgan fingerprint density at radius 1 is 1.11 bits per heavy atom. The maximum Gasteiger partial charge on any atom is 0.326 e. The van der Waals surface area contributed by atoms with Gasteiger partial charge in [-0.25, -0.2) is 0 Å². The molecule has 0 bridgehead atoms. The van der Waals surface area contributed by atoms with Gasteiger partial charge in [0.25, 0.3) is 0 Å². The molecule has 1 fully saturated rings. The first kappa shape index (κ1) is 15.5. The van der Waals surface area contributed by atoms with Crippen molar-refractivity contribution in [3.8, 4) is 0 Å². The molecule has 0 saturated heterocycles. The molecule has 0 atom stereocenters. The Morgan fingerprint density at radius 2 is 1.56 bits per heavy atom. The molecule has 2 N–H and O–H groups in total. The average Bonchev–Trinajstić information content (AvgIpc) is 2.14. The summed E-state index contributed by atoms with van der Waals surface area (Å²) in [6.45, 7) is 12.4. The Labute approximate surface area is 111 Å². The van der Waals surface area contributed by atoms with Crippen LogP contribution in [-0.2, 0) is 9.53 Å². The van der Waals surface area contributed by atoms with E-state index >= 15 is 0 Å². The maximum absolute atomic E-state index is 12.1. The Balaban J connectivity index is 2.62. The molecular weight excluding hydrogens is 226 g/mol. The van der Waals surface area contributed by atoms with E-state index in [9.17, 15) is 4.79 Å². The molecule has 0 radical (unpaired) electrons. The van der Waals surface area contributed by atoms with Crippen molar-refractivity contribution in [1.82, 2.24) is 0 Å². The third kappa shape index (κ3) is 3.98. The first-order valence-electron chi connectivity index (χ1n) is 6.96. The van der Waals surface area contributed by atoms with Crippen LogP contribution in [0.5, 0.6) is 0 Å². The van der Waals surface area contributed by atoms with Crippen LogP contribution in [0.3, 0.4) is 0 Å². The highest BCUT2D eigenvalue weighted by Gasteiger charge is 2.43. The quantitative estimate of drug-likeness (QED) is 0.732. The average molecular weight is 255 g/mol. The maximum atomic E-state index is 12.1. The molecule has 0 aromatic rings. The van der Waals surface area contributed by atoms with Crippen molar-refractivity contribution >= 4 is 5.97 Å². The summed E-state index contributed by atoms with van der Waals surface area (Å²) in [6, 6.07) is 0. The molecule has 106 valence electrons. The van der Waals surface area contributed by atoms with Crippen molar-refractivity contribution in [3.05, 3.63) is 0 Å². The van der Waals surface area contributed by atoms with E-state index in [1.807, 2.05) is 20.8 Å². The normalized spacial score (nSPS) is 30.1. The van der Waals surface area contributed by atoms with Crippen LogP contribution in [0.1, 0.15) is 67.2 Å².